The Balaban J connectivity index is 1.32. The largest absolute Gasteiger partial charge is 0.376 e. The van der Waals surface area contributed by atoms with Crippen molar-refractivity contribution in [3.05, 3.63) is 30.6 Å². The number of imidazole rings is 1. The number of hydrogen-bond acceptors (Lipinski definition) is 5. The smallest absolute Gasteiger partial charge is 0.240 e. The predicted octanol–water partition coefficient (Wildman–Crippen LogP) is 1.30. The first kappa shape index (κ1) is 17.5. The molecule has 4 rings (SSSR count). The van der Waals surface area contributed by atoms with Gasteiger partial charge in [0.15, 0.2) is 0 Å². The van der Waals surface area contributed by atoms with Gasteiger partial charge >= 0.3 is 0 Å². The van der Waals surface area contributed by atoms with E-state index in [4.69, 9.17) is 4.74 Å². The van der Waals surface area contributed by atoms with Crippen LogP contribution in [0.5, 0.6) is 0 Å². The van der Waals surface area contributed by atoms with Crippen LogP contribution >= 0.6 is 0 Å². The molecular formula is C19H27N5O2. The molecule has 3 atom stereocenters. The monoisotopic (exact) mass is 357 g/mol. The molecule has 2 aliphatic rings. The third-order valence-corrected chi connectivity index (χ3v) is 5.35. The number of carbonyl (C=O) groups is 1. The van der Waals surface area contributed by atoms with Gasteiger partial charge in [-0.15, -0.1) is 0 Å². The molecule has 1 amide bonds. The molecule has 0 saturated carbocycles. The molecule has 3 unspecified atom stereocenters. The number of likely N-dealkylation sites (N-methyl/N-ethyl adjacent to an activating group) is 1. The van der Waals surface area contributed by atoms with Crippen LogP contribution in [0.1, 0.15) is 25.7 Å². The summed E-state index contributed by atoms with van der Waals surface area (Å²) in [4.78, 5) is 19.0. The number of nitrogens with one attached hydrogen (secondary N) is 2. The van der Waals surface area contributed by atoms with Gasteiger partial charge in [-0.1, -0.05) is 12.1 Å². The Kier molecular flexibility index (Phi) is 5.19. The number of amides is 1. The van der Waals surface area contributed by atoms with E-state index in [0.29, 0.717) is 6.54 Å². The van der Waals surface area contributed by atoms with Crippen molar-refractivity contribution in [2.45, 2.75) is 50.4 Å². The van der Waals surface area contributed by atoms with Crippen LogP contribution in [0.3, 0.4) is 0 Å². The molecule has 140 valence electrons. The molecule has 0 spiro atoms. The second kappa shape index (κ2) is 7.73. The van der Waals surface area contributed by atoms with Crippen LogP contribution in [0.2, 0.25) is 0 Å². The number of aromatic nitrogens is 2. The fraction of sp³-hybridized carbons (Fsp3) is 0.579. The molecule has 7 nitrogen and oxygen atoms in total. The maximum absolute atomic E-state index is 12.7. The summed E-state index contributed by atoms with van der Waals surface area (Å²) in [5.74, 6) is 0.129. The minimum Gasteiger partial charge on any atom is -0.376 e. The van der Waals surface area contributed by atoms with Crippen LogP contribution in [0.25, 0.3) is 11.0 Å². The van der Waals surface area contributed by atoms with Crippen molar-refractivity contribution in [1.29, 1.82) is 0 Å². The summed E-state index contributed by atoms with van der Waals surface area (Å²) in [6, 6.07) is 8.11. The number of rotatable bonds is 5. The van der Waals surface area contributed by atoms with Crippen molar-refractivity contribution in [2.24, 2.45) is 0 Å². The van der Waals surface area contributed by atoms with Gasteiger partial charge in [-0.05, 0) is 37.8 Å². The van der Waals surface area contributed by atoms with Crippen LogP contribution < -0.4 is 10.9 Å². The minimum absolute atomic E-state index is 0.129. The van der Waals surface area contributed by atoms with Crippen LogP contribution in [0, 0.1) is 0 Å². The van der Waals surface area contributed by atoms with Crippen molar-refractivity contribution < 1.29 is 9.53 Å². The molecular weight excluding hydrogens is 330 g/mol. The lowest BCUT2D eigenvalue weighted by atomic mass is 10.1. The summed E-state index contributed by atoms with van der Waals surface area (Å²) < 4.78 is 7.89. The Morgan fingerprint density at radius 1 is 1.35 bits per heavy atom. The average Bonchev–Trinajstić information content (AvgIpc) is 3.30. The standard InChI is InChI=1S/C19H27N5O2/c1-23(12-15-6-4-5-9-26-15)19(25)17-10-14(21-22-17)11-24-13-20-16-7-2-3-8-18(16)24/h2-3,7-8,13-15,17,21-22H,4-6,9-12H2,1H3. The van der Waals surface area contributed by atoms with Crippen molar-refractivity contribution in [3.63, 3.8) is 0 Å². The summed E-state index contributed by atoms with van der Waals surface area (Å²) in [5.41, 5.74) is 8.56. The molecule has 2 N–H and O–H groups in total. The van der Waals surface area contributed by atoms with E-state index in [0.717, 1.165) is 43.4 Å². The van der Waals surface area contributed by atoms with Gasteiger partial charge < -0.3 is 14.2 Å². The van der Waals surface area contributed by atoms with Crippen LogP contribution in [-0.2, 0) is 16.1 Å². The molecule has 2 aromatic rings. The number of nitrogens with zero attached hydrogens (tertiary/aromatic N) is 3. The highest BCUT2D eigenvalue weighted by molar-refractivity contribution is 5.82. The molecule has 1 aromatic carbocycles. The number of benzene rings is 1. The molecule has 0 aliphatic carbocycles. The maximum Gasteiger partial charge on any atom is 0.240 e. The van der Waals surface area contributed by atoms with Gasteiger partial charge in [0.05, 0.1) is 23.5 Å². The second-order valence-corrected chi connectivity index (χ2v) is 7.37. The molecule has 2 aliphatic heterocycles. The summed E-state index contributed by atoms with van der Waals surface area (Å²) >= 11 is 0. The van der Waals surface area contributed by atoms with E-state index in [1.54, 1.807) is 0 Å². The topological polar surface area (TPSA) is 71.4 Å². The highest BCUT2D eigenvalue weighted by Gasteiger charge is 2.32. The van der Waals surface area contributed by atoms with Gasteiger partial charge in [0, 0.05) is 32.8 Å². The number of hydrogen-bond donors (Lipinski definition) is 2. The van der Waals surface area contributed by atoms with Crippen LogP contribution in [0.4, 0.5) is 0 Å². The first-order chi connectivity index (χ1) is 12.7. The number of ether oxygens (including phenoxy) is 1. The minimum atomic E-state index is -0.191. The lowest BCUT2D eigenvalue weighted by molar-refractivity contribution is -0.134. The van der Waals surface area contributed by atoms with E-state index < -0.39 is 0 Å². The van der Waals surface area contributed by atoms with E-state index in [-0.39, 0.29) is 24.1 Å². The van der Waals surface area contributed by atoms with E-state index in [1.165, 1.54) is 6.42 Å². The third-order valence-electron chi connectivity index (χ3n) is 5.35. The fourth-order valence-electron chi connectivity index (χ4n) is 3.91. The lowest BCUT2D eigenvalue weighted by Gasteiger charge is -2.28. The molecule has 2 saturated heterocycles. The van der Waals surface area contributed by atoms with Gasteiger partial charge in [-0.2, -0.15) is 0 Å². The van der Waals surface area contributed by atoms with E-state index in [9.17, 15) is 4.79 Å². The van der Waals surface area contributed by atoms with E-state index >= 15 is 0 Å². The molecule has 0 radical (unpaired) electrons. The molecule has 0 bridgehead atoms. The van der Waals surface area contributed by atoms with E-state index in [1.807, 2.05) is 36.5 Å². The van der Waals surface area contributed by atoms with Crippen LogP contribution in [0.15, 0.2) is 30.6 Å². The molecule has 2 fully saturated rings. The lowest BCUT2D eigenvalue weighted by Crippen LogP contribution is -2.47. The number of carbonyl (C=O) groups excluding carboxylic acids is 1. The molecule has 7 heteroatoms. The van der Waals surface area contributed by atoms with Crippen LogP contribution in [-0.4, -0.2) is 58.7 Å². The fourth-order valence-corrected chi connectivity index (χ4v) is 3.91. The van der Waals surface area contributed by atoms with Crippen molar-refractivity contribution >= 4 is 16.9 Å². The Labute approximate surface area is 153 Å². The Hall–Kier alpha value is -1.96. The van der Waals surface area contributed by atoms with Gasteiger partial charge in [-0.25, -0.2) is 10.4 Å². The summed E-state index contributed by atoms with van der Waals surface area (Å²) in [7, 11) is 1.87. The first-order valence-corrected chi connectivity index (χ1v) is 9.48. The quantitative estimate of drug-likeness (QED) is 0.844. The maximum atomic E-state index is 12.7. The number of para-hydroxylation sites is 2. The SMILES string of the molecule is CN(CC1CCCCO1)C(=O)C1CC(Cn2cnc3ccccc32)NN1. The highest BCUT2D eigenvalue weighted by atomic mass is 16.5. The van der Waals surface area contributed by atoms with Gasteiger partial charge in [0.1, 0.15) is 6.04 Å². The molecule has 26 heavy (non-hydrogen) atoms. The summed E-state index contributed by atoms with van der Waals surface area (Å²) in [6.07, 6.45) is 6.18. The van der Waals surface area contributed by atoms with Crippen molar-refractivity contribution in [3.8, 4) is 0 Å². The Morgan fingerprint density at radius 2 is 2.23 bits per heavy atom. The zero-order chi connectivity index (χ0) is 17.9. The highest BCUT2D eigenvalue weighted by Crippen LogP contribution is 2.17. The summed E-state index contributed by atoms with van der Waals surface area (Å²) in [5, 5.41) is 0. The molecule has 3 heterocycles. The Morgan fingerprint density at radius 3 is 3.08 bits per heavy atom. The Bertz CT molecular complexity index is 755. The van der Waals surface area contributed by atoms with Gasteiger partial charge in [-0.3, -0.25) is 10.2 Å². The van der Waals surface area contributed by atoms with E-state index in [2.05, 4.69) is 26.5 Å². The van der Waals surface area contributed by atoms with Crippen molar-refractivity contribution in [1.82, 2.24) is 25.3 Å². The zero-order valence-electron chi connectivity index (χ0n) is 15.2. The number of fused-ring (bicyclic) bond motifs is 1. The zero-order valence-corrected chi connectivity index (χ0v) is 15.2. The van der Waals surface area contributed by atoms with Gasteiger partial charge in [0.25, 0.3) is 0 Å². The third kappa shape index (κ3) is 3.75. The van der Waals surface area contributed by atoms with Crippen molar-refractivity contribution in [2.75, 3.05) is 20.2 Å². The second-order valence-electron chi connectivity index (χ2n) is 7.37. The average molecular weight is 357 g/mol. The van der Waals surface area contributed by atoms with Gasteiger partial charge in [0.2, 0.25) is 5.91 Å². The normalized spacial score (nSPS) is 26.3. The molecule has 1 aromatic heterocycles. The number of hydrazine groups is 1. The summed E-state index contributed by atoms with van der Waals surface area (Å²) in [6.45, 7) is 2.28. The predicted molar refractivity (Wildman–Crippen MR) is 99.4 cm³/mol. The first-order valence-electron chi connectivity index (χ1n) is 9.48.